The average molecular weight is 462 g/mol. The van der Waals surface area contributed by atoms with E-state index in [0.717, 1.165) is 54.0 Å². The molecule has 9 nitrogen and oxygen atoms in total. The number of halogens is 1. The topological polar surface area (TPSA) is 132 Å². The summed E-state index contributed by atoms with van der Waals surface area (Å²) in [6.07, 6.45) is 7.86. The van der Waals surface area contributed by atoms with Crippen LogP contribution in [0.5, 0.6) is 0 Å². The first-order valence-electron chi connectivity index (χ1n) is 11.0. The van der Waals surface area contributed by atoms with Crippen LogP contribution in [-0.4, -0.2) is 43.0 Å². The Balaban J connectivity index is 1.58. The number of rotatable bonds is 6. The summed E-state index contributed by atoms with van der Waals surface area (Å²) in [6.45, 7) is 0.251. The molecule has 1 aromatic carbocycles. The number of nitrogens with zero attached hydrogens (tertiary/aromatic N) is 3. The van der Waals surface area contributed by atoms with Gasteiger partial charge in [0.1, 0.15) is 6.20 Å². The van der Waals surface area contributed by atoms with Crippen molar-refractivity contribution in [3.8, 4) is 5.69 Å². The highest BCUT2D eigenvalue weighted by Crippen LogP contribution is 2.33. The van der Waals surface area contributed by atoms with Crippen molar-refractivity contribution in [2.45, 2.75) is 69.1 Å². The van der Waals surface area contributed by atoms with Gasteiger partial charge in [0, 0.05) is 18.6 Å². The summed E-state index contributed by atoms with van der Waals surface area (Å²) in [5.74, 6) is -0.449. The highest BCUT2D eigenvalue weighted by atomic mass is 35.5. The standard InChI is InChI=1S/C22H28ClN5O4/c23-17-6-5-15(28-20(31)27(18(29)12-26-28)14-21(24)9-10-21)11-16(17)19(30)25-13-22(32)7-3-1-2-4-8-22/h5-6,11-12,32H,1-4,7-10,13-14,24H2,(H,25,30). The first-order valence-corrected chi connectivity index (χ1v) is 11.4. The lowest BCUT2D eigenvalue weighted by molar-refractivity contribution is 0.0246. The van der Waals surface area contributed by atoms with Crippen molar-refractivity contribution in [1.82, 2.24) is 19.7 Å². The zero-order valence-electron chi connectivity index (χ0n) is 17.8. The zero-order valence-corrected chi connectivity index (χ0v) is 18.6. The number of benzene rings is 1. The quantitative estimate of drug-likeness (QED) is 0.556. The predicted octanol–water partition coefficient (Wildman–Crippen LogP) is 1.35. The Bertz CT molecular complexity index is 1130. The number of carbonyl (C=O) groups excluding carboxylic acids is 1. The van der Waals surface area contributed by atoms with Gasteiger partial charge >= 0.3 is 5.69 Å². The Morgan fingerprint density at radius 3 is 2.50 bits per heavy atom. The van der Waals surface area contributed by atoms with Gasteiger partial charge in [0.15, 0.2) is 0 Å². The molecule has 0 aliphatic heterocycles. The molecule has 0 unspecified atom stereocenters. The Kier molecular flexibility index (Phi) is 6.24. The fraction of sp³-hybridized carbons (Fsp3) is 0.545. The van der Waals surface area contributed by atoms with Crippen molar-refractivity contribution in [3.05, 3.63) is 55.8 Å². The maximum absolute atomic E-state index is 12.9. The van der Waals surface area contributed by atoms with E-state index in [-0.39, 0.29) is 23.7 Å². The van der Waals surface area contributed by atoms with Crippen LogP contribution in [-0.2, 0) is 6.54 Å². The monoisotopic (exact) mass is 461 g/mol. The molecule has 2 aliphatic carbocycles. The largest absolute Gasteiger partial charge is 0.388 e. The van der Waals surface area contributed by atoms with E-state index < -0.39 is 28.3 Å². The third-order valence-corrected chi connectivity index (χ3v) is 6.71. The van der Waals surface area contributed by atoms with Gasteiger partial charge in [-0.15, -0.1) is 0 Å². The van der Waals surface area contributed by atoms with Crippen LogP contribution < -0.4 is 22.3 Å². The van der Waals surface area contributed by atoms with Crippen LogP contribution in [0, 0.1) is 0 Å². The number of nitrogens with one attached hydrogen (secondary N) is 1. The second kappa shape index (κ2) is 8.80. The van der Waals surface area contributed by atoms with Crippen molar-refractivity contribution in [2.24, 2.45) is 5.73 Å². The minimum atomic E-state index is -0.925. The van der Waals surface area contributed by atoms with Gasteiger partial charge in [-0.1, -0.05) is 37.3 Å². The smallest absolute Gasteiger partial charge is 0.352 e. The number of carbonyl (C=O) groups is 1. The third kappa shape index (κ3) is 4.95. The van der Waals surface area contributed by atoms with Crippen LogP contribution in [0.1, 0.15) is 61.7 Å². The first-order chi connectivity index (χ1) is 15.2. The first kappa shape index (κ1) is 22.7. The Morgan fingerprint density at radius 1 is 1.16 bits per heavy atom. The lowest BCUT2D eigenvalue weighted by Crippen LogP contribution is -2.45. The Labute approximate surface area is 190 Å². The fourth-order valence-corrected chi connectivity index (χ4v) is 4.32. The minimum absolute atomic E-state index is 0.118. The van der Waals surface area contributed by atoms with E-state index in [1.165, 1.54) is 12.1 Å². The molecule has 0 saturated heterocycles. The van der Waals surface area contributed by atoms with Crippen LogP contribution in [0.2, 0.25) is 5.02 Å². The van der Waals surface area contributed by atoms with Gasteiger partial charge in [-0.25, -0.2) is 4.79 Å². The molecule has 10 heteroatoms. The summed E-state index contributed by atoms with van der Waals surface area (Å²) < 4.78 is 2.12. The van der Waals surface area contributed by atoms with Crippen molar-refractivity contribution in [2.75, 3.05) is 6.54 Å². The van der Waals surface area contributed by atoms with Gasteiger partial charge in [0.05, 0.1) is 21.9 Å². The average Bonchev–Trinajstić information content (AvgIpc) is 3.53. The maximum Gasteiger partial charge on any atom is 0.352 e. The van der Waals surface area contributed by atoms with Gasteiger partial charge < -0.3 is 16.2 Å². The molecule has 4 rings (SSSR count). The normalized spacial score (nSPS) is 19.2. The summed E-state index contributed by atoms with van der Waals surface area (Å²) in [5.41, 5.74) is 3.93. The molecule has 1 heterocycles. The highest BCUT2D eigenvalue weighted by Gasteiger charge is 2.39. The van der Waals surface area contributed by atoms with Gasteiger partial charge in [-0.05, 0) is 43.9 Å². The van der Waals surface area contributed by atoms with E-state index >= 15 is 0 Å². The molecule has 1 amide bonds. The van der Waals surface area contributed by atoms with E-state index in [1.54, 1.807) is 6.07 Å². The second-order valence-electron chi connectivity index (χ2n) is 9.11. The third-order valence-electron chi connectivity index (χ3n) is 6.38. The number of hydrogen-bond donors (Lipinski definition) is 3. The Hall–Kier alpha value is -2.49. The van der Waals surface area contributed by atoms with Crippen molar-refractivity contribution >= 4 is 17.5 Å². The highest BCUT2D eigenvalue weighted by molar-refractivity contribution is 6.33. The molecule has 0 bridgehead atoms. The predicted molar refractivity (Wildman–Crippen MR) is 120 cm³/mol. The summed E-state index contributed by atoms with van der Waals surface area (Å²) in [6, 6.07) is 4.50. The summed E-state index contributed by atoms with van der Waals surface area (Å²) in [7, 11) is 0. The van der Waals surface area contributed by atoms with Crippen molar-refractivity contribution in [3.63, 3.8) is 0 Å². The van der Waals surface area contributed by atoms with Crippen LogP contribution >= 0.6 is 11.6 Å². The van der Waals surface area contributed by atoms with Crippen LogP contribution in [0.3, 0.4) is 0 Å². The van der Waals surface area contributed by atoms with E-state index in [4.69, 9.17) is 17.3 Å². The van der Waals surface area contributed by atoms with Crippen LogP contribution in [0.25, 0.3) is 5.69 Å². The molecule has 0 atom stereocenters. The van der Waals surface area contributed by atoms with E-state index in [1.807, 2.05) is 0 Å². The molecule has 1 aromatic heterocycles. The van der Waals surface area contributed by atoms with E-state index in [2.05, 4.69) is 10.4 Å². The van der Waals surface area contributed by atoms with E-state index in [0.29, 0.717) is 18.5 Å². The lowest BCUT2D eigenvalue weighted by Gasteiger charge is -2.26. The van der Waals surface area contributed by atoms with Gasteiger partial charge in [0.25, 0.3) is 11.5 Å². The number of hydrogen-bond acceptors (Lipinski definition) is 6. The van der Waals surface area contributed by atoms with Crippen LogP contribution in [0.4, 0.5) is 0 Å². The maximum atomic E-state index is 12.9. The molecule has 2 fully saturated rings. The second-order valence-corrected chi connectivity index (χ2v) is 9.52. The van der Waals surface area contributed by atoms with Crippen molar-refractivity contribution < 1.29 is 9.90 Å². The molecule has 0 spiro atoms. The molecule has 0 radical (unpaired) electrons. The molecule has 2 aromatic rings. The number of aromatic nitrogens is 3. The summed E-state index contributed by atoms with van der Waals surface area (Å²) in [5, 5.41) is 17.7. The fourth-order valence-electron chi connectivity index (χ4n) is 4.11. The molecule has 2 saturated carbocycles. The molecule has 4 N–H and O–H groups in total. The van der Waals surface area contributed by atoms with Gasteiger partial charge in [0.2, 0.25) is 0 Å². The Morgan fingerprint density at radius 2 is 1.84 bits per heavy atom. The lowest BCUT2D eigenvalue weighted by atomic mass is 9.94. The van der Waals surface area contributed by atoms with Gasteiger partial charge in [-0.3, -0.25) is 14.2 Å². The van der Waals surface area contributed by atoms with Crippen LogP contribution in [0.15, 0.2) is 34.0 Å². The summed E-state index contributed by atoms with van der Waals surface area (Å²) in [4.78, 5) is 37.9. The molecule has 32 heavy (non-hydrogen) atoms. The minimum Gasteiger partial charge on any atom is -0.388 e. The number of amides is 1. The SMILES string of the molecule is NC1(Cn2c(=O)cnn(-c3ccc(Cl)c(C(=O)NCC4(O)CCCCCC4)c3)c2=O)CC1. The number of nitrogens with two attached hydrogens (primary N) is 1. The number of aliphatic hydroxyl groups is 1. The molecule has 172 valence electrons. The zero-order chi connectivity index (χ0) is 22.9. The molecular weight excluding hydrogens is 434 g/mol. The molecule has 2 aliphatic rings. The molecular formula is C22H28ClN5O4. The van der Waals surface area contributed by atoms with Gasteiger partial charge in [-0.2, -0.15) is 9.78 Å². The van der Waals surface area contributed by atoms with E-state index in [9.17, 15) is 19.5 Å². The summed E-state index contributed by atoms with van der Waals surface area (Å²) >= 11 is 6.25. The van der Waals surface area contributed by atoms with Crippen molar-refractivity contribution in [1.29, 1.82) is 0 Å².